The van der Waals surface area contributed by atoms with Crippen LogP contribution >= 0.6 is 23.2 Å². The summed E-state index contributed by atoms with van der Waals surface area (Å²) in [6.45, 7) is 1.99. The lowest BCUT2D eigenvalue weighted by atomic mass is 10.0. The summed E-state index contributed by atoms with van der Waals surface area (Å²) in [6.07, 6.45) is 0.766. The Morgan fingerprint density at radius 2 is 1.89 bits per heavy atom. The van der Waals surface area contributed by atoms with Crippen LogP contribution in [0.3, 0.4) is 0 Å². The van der Waals surface area contributed by atoms with Crippen molar-refractivity contribution in [2.45, 2.75) is 19.4 Å². The van der Waals surface area contributed by atoms with Crippen molar-refractivity contribution in [3.8, 4) is 0 Å². The molecular weight excluding hydrogens is 285 g/mol. The number of hydrogen-bond acceptors (Lipinski definition) is 2. The number of amides is 1. The maximum Gasteiger partial charge on any atom is 0.287 e. The standard InChI is InChI=1S/C14H13Cl2NO2/c1-2-11(9-3-5-10(15)6-4-9)17-14(18)12-7-8-13(16)19-12/h3-8,11H,2H2,1H3,(H,17,18). The molecule has 19 heavy (non-hydrogen) atoms. The van der Waals surface area contributed by atoms with Gasteiger partial charge in [-0.05, 0) is 47.9 Å². The first-order chi connectivity index (χ1) is 9.10. The Hall–Kier alpha value is -1.45. The molecule has 3 nitrogen and oxygen atoms in total. The molecule has 2 aromatic rings. The molecule has 0 aliphatic rings. The van der Waals surface area contributed by atoms with Gasteiger partial charge in [0.05, 0.1) is 6.04 Å². The number of benzene rings is 1. The van der Waals surface area contributed by atoms with Crippen molar-refractivity contribution in [2.75, 3.05) is 0 Å². The molecule has 1 heterocycles. The molecule has 0 bridgehead atoms. The van der Waals surface area contributed by atoms with Gasteiger partial charge >= 0.3 is 0 Å². The molecule has 0 radical (unpaired) electrons. The van der Waals surface area contributed by atoms with E-state index in [1.165, 1.54) is 0 Å². The quantitative estimate of drug-likeness (QED) is 0.905. The smallest absolute Gasteiger partial charge is 0.287 e. The number of rotatable bonds is 4. The second-order valence-electron chi connectivity index (χ2n) is 4.09. The molecule has 1 N–H and O–H groups in total. The molecule has 1 amide bonds. The van der Waals surface area contributed by atoms with E-state index >= 15 is 0 Å². The van der Waals surface area contributed by atoms with E-state index < -0.39 is 0 Å². The van der Waals surface area contributed by atoms with E-state index in [-0.39, 0.29) is 22.9 Å². The summed E-state index contributed by atoms with van der Waals surface area (Å²) < 4.78 is 5.08. The Bertz CT molecular complexity index is 563. The fraction of sp³-hybridized carbons (Fsp3) is 0.214. The Balaban J connectivity index is 2.11. The normalized spacial score (nSPS) is 12.2. The average Bonchev–Trinajstić information content (AvgIpc) is 2.84. The Labute approximate surface area is 121 Å². The Morgan fingerprint density at radius 1 is 1.21 bits per heavy atom. The zero-order valence-electron chi connectivity index (χ0n) is 10.3. The summed E-state index contributed by atoms with van der Waals surface area (Å²) in [6, 6.07) is 10.4. The molecule has 2 rings (SSSR count). The summed E-state index contributed by atoms with van der Waals surface area (Å²) in [5, 5.41) is 3.77. The van der Waals surface area contributed by atoms with Crippen LogP contribution in [0.4, 0.5) is 0 Å². The molecular formula is C14H13Cl2NO2. The van der Waals surface area contributed by atoms with Gasteiger partial charge in [0, 0.05) is 5.02 Å². The highest BCUT2D eigenvalue weighted by atomic mass is 35.5. The van der Waals surface area contributed by atoms with E-state index in [9.17, 15) is 4.79 Å². The highest BCUT2D eigenvalue weighted by molar-refractivity contribution is 6.30. The van der Waals surface area contributed by atoms with Crippen molar-refractivity contribution in [3.05, 3.63) is 58.0 Å². The maximum absolute atomic E-state index is 12.0. The molecule has 0 spiro atoms. The van der Waals surface area contributed by atoms with E-state index in [2.05, 4.69) is 5.32 Å². The number of halogens is 2. The number of nitrogens with one attached hydrogen (secondary N) is 1. The first kappa shape index (κ1) is 14.0. The lowest BCUT2D eigenvalue weighted by Gasteiger charge is -2.16. The molecule has 0 saturated carbocycles. The highest BCUT2D eigenvalue weighted by Crippen LogP contribution is 2.20. The number of hydrogen-bond donors (Lipinski definition) is 1. The predicted molar refractivity (Wildman–Crippen MR) is 75.7 cm³/mol. The largest absolute Gasteiger partial charge is 0.440 e. The van der Waals surface area contributed by atoms with Gasteiger partial charge in [0.25, 0.3) is 5.91 Å². The van der Waals surface area contributed by atoms with Gasteiger partial charge in [-0.15, -0.1) is 0 Å². The fourth-order valence-electron chi connectivity index (χ4n) is 1.78. The third-order valence-corrected chi connectivity index (χ3v) is 3.24. The maximum atomic E-state index is 12.0. The first-order valence-electron chi connectivity index (χ1n) is 5.92. The van der Waals surface area contributed by atoms with Gasteiger partial charge in [-0.2, -0.15) is 0 Å². The lowest BCUT2D eigenvalue weighted by molar-refractivity contribution is 0.0907. The van der Waals surface area contributed by atoms with Crippen molar-refractivity contribution < 1.29 is 9.21 Å². The van der Waals surface area contributed by atoms with Gasteiger partial charge in [-0.1, -0.05) is 30.7 Å². The van der Waals surface area contributed by atoms with Gasteiger partial charge in [-0.25, -0.2) is 0 Å². The van der Waals surface area contributed by atoms with E-state index in [1.807, 2.05) is 19.1 Å². The molecule has 0 aliphatic heterocycles. The molecule has 1 aromatic heterocycles. The SMILES string of the molecule is CCC(NC(=O)c1ccc(Cl)o1)c1ccc(Cl)cc1. The van der Waals surface area contributed by atoms with Crippen LogP contribution in [0.15, 0.2) is 40.8 Å². The van der Waals surface area contributed by atoms with Crippen molar-refractivity contribution in [3.63, 3.8) is 0 Å². The van der Waals surface area contributed by atoms with Gasteiger partial charge < -0.3 is 9.73 Å². The molecule has 1 atom stereocenters. The number of carbonyl (C=O) groups is 1. The van der Waals surface area contributed by atoms with Crippen LogP contribution in [0, 0.1) is 0 Å². The molecule has 1 aromatic carbocycles. The Morgan fingerprint density at radius 3 is 2.42 bits per heavy atom. The average molecular weight is 298 g/mol. The zero-order valence-corrected chi connectivity index (χ0v) is 11.8. The third-order valence-electron chi connectivity index (χ3n) is 2.78. The van der Waals surface area contributed by atoms with Crippen LogP contribution in [0.2, 0.25) is 10.2 Å². The first-order valence-corrected chi connectivity index (χ1v) is 6.67. The fourth-order valence-corrected chi connectivity index (χ4v) is 2.05. The Kier molecular flexibility index (Phi) is 4.51. The number of carbonyl (C=O) groups excluding carboxylic acids is 1. The minimum atomic E-state index is -0.284. The van der Waals surface area contributed by atoms with Crippen LogP contribution in [0.1, 0.15) is 35.5 Å². The summed E-state index contributed by atoms with van der Waals surface area (Å²) >= 11 is 11.5. The van der Waals surface area contributed by atoms with Crippen molar-refractivity contribution in [1.82, 2.24) is 5.32 Å². The topological polar surface area (TPSA) is 42.2 Å². The van der Waals surface area contributed by atoms with Crippen LogP contribution in [-0.4, -0.2) is 5.91 Å². The molecule has 0 aliphatic carbocycles. The lowest BCUT2D eigenvalue weighted by Crippen LogP contribution is -2.27. The molecule has 1 unspecified atom stereocenters. The van der Waals surface area contributed by atoms with Crippen LogP contribution in [-0.2, 0) is 0 Å². The van der Waals surface area contributed by atoms with Crippen molar-refractivity contribution in [2.24, 2.45) is 0 Å². The summed E-state index contributed by atoms with van der Waals surface area (Å²) in [5.41, 5.74) is 0.998. The number of furan rings is 1. The van der Waals surface area contributed by atoms with E-state index in [4.69, 9.17) is 27.6 Å². The minimum absolute atomic E-state index is 0.0892. The van der Waals surface area contributed by atoms with Gasteiger partial charge in [-0.3, -0.25) is 4.79 Å². The summed E-state index contributed by atoms with van der Waals surface area (Å²) in [5.74, 6) is -0.0777. The minimum Gasteiger partial charge on any atom is -0.440 e. The van der Waals surface area contributed by atoms with Crippen LogP contribution < -0.4 is 5.32 Å². The molecule has 0 fully saturated rings. The van der Waals surface area contributed by atoms with E-state index in [0.717, 1.165) is 12.0 Å². The predicted octanol–water partition coefficient (Wildman–Crippen LogP) is 4.47. The van der Waals surface area contributed by atoms with E-state index in [0.29, 0.717) is 5.02 Å². The second-order valence-corrected chi connectivity index (χ2v) is 4.90. The van der Waals surface area contributed by atoms with Gasteiger partial charge in [0.1, 0.15) is 0 Å². The van der Waals surface area contributed by atoms with Crippen molar-refractivity contribution >= 4 is 29.1 Å². The summed E-state index contributed by atoms with van der Waals surface area (Å²) in [4.78, 5) is 12.0. The van der Waals surface area contributed by atoms with Gasteiger partial charge in [0.15, 0.2) is 11.0 Å². The van der Waals surface area contributed by atoms with Crippen LogP contribution in [0.5, 0.6) is 0 Å². The van der Waals surface area contributed by atoms with Gasteiger partial charge in [0.2, 0.25) is 0 Å². The van der Waals surface area contributed by atoms with E-state index in [1.54, 1.807) is 24.3 Å². The zero-order chi connectivity index (χ0) is 13.8. The monoisotopic (exact) mass is 297 g/mol. The molecule has 5 heteroatoms. The second kappa shape index (κ2) is 6.13. The van der Waals surface area contributed by atoms with Crippen molar-refractivity contribution in [1.29, 1.82) is 0 Å². The van der Waals surface area contributed by atoms with Crippen LogP contribution in [0.25, 0.3) is 0 Å². The highest BCUT2D eigenvalue weighted by Gasteiger charge is 2.16. The summed E-state index contributed by atoms with van der Waals surface area (Å²) in [7, 11) is 0. The molecule has 0 saturated heterocycles. The molecule has 100 valence electrons. The third kappa shape index (κ3) is 3.52.